The van der Waals surface area contributed by atoms with Crippen molar-refractivity contribution in [3.63, 3.8) is 0 Å². The van der Waals surface area contributed by atoms with Gasteiger partial charge in [0.15, 0.2) is 0 Å². The van der Waals surface area contributed by atoms with Crippen LogP contribution in [0.5, 0.6) is 0 Å². The minimum atomic E-state index is -0.217. The van der Waals surface area contributed by atoms with E-state index < -0.39 is 0 Å². The van der Waals surface area contributed by atoms with E-state index in [0.717, 1.165) is 14.7 Å². The zero-order chi connectivity index (χ0) is 15.7. The fraction of sp³-hybridized carbons (Fsp3) is 0.0588. The number of nitrogens with zero attached hydrogens (tertiary/aromatic N) is 1. The van der Waals surface area contributed by atoms with Crippen molar-refractivity contribution in [2.24, 2.45) is 4.99 Å². The molecule has 0 saturated heterocycles. The number of carbonyl (C=O) groups excluding carboxylic acids is 1. The highest BCUT2D eigenvalue weighted by Crippen LogP contribution is 2.22. The van der Waals surface area contributed by atoms with Crippen LogP contribution in [0.1, 0.15) is 16.7 Å². The van der Waals surface area contributed by atoms with E-state index in [9.17, 15) is 4.79 Å². The third-order valence-electron chi connectivity index (χ3n) is 3.26. The first kappa shape index (κ1) is 15.2. The molecule has 1 N–H and O–H groups in total. The van der Waals surface area contributed by atoms with Gasteiger partial charge in [-0.25, -0.2) is 4.99 Å². The molecule has 0 aromatic heterocycles. The van der Waals surface area contributed by atoms with E-state index in [1.54, 1.807) is 12.1 Å². The van der Waals surface area contributed by atoms with Crippen LogP contribution in [-0.4, -0.2) is 11.7 Å². The van der Waals surface area contributed by atoms with Gasteiger partial charge in [-0.3, -0.25) is 4.79 Å². The highest BCUT2D eigenvalue weighted by molar-refractivity contribution is 14.1. The molecule has 1 aliphatic heterocycles. The van der Waals surface area contributed by atoms with E-state index in [2.05, 4.69) is 32.9 Å². The first-order valence-corrected chi connectivity index (χ1v) is 8.12. The van der Waals surface area contributed by atoms with E-state index >= 15 is 0 Å². The van der Waals surface area contributed by atoms with Crippen LogP contribution in [0, 0.1) is 10.5 Å². The summed E-state index contributed by atoms with van der Waals surface area (Å²) < 4.78 is 1.03. The monoisotopic (exact) mass is 422 g/mol. The number of hydrogen-bond acceptors (Lipinski definition) is 2. The third-order valence-corrected chi connectivity index (χ3v) is 4.26. The topological polar surface area (TPSA) is 41.5 Å². The second-order valence-electron chi connectivity index (χ2n) is 4.98. The molecule has 0 saturated carbocycles. The lowest BCUT2D eigenvalue weighted by atomic mass is 10.1. The quantitative estimate of drug-likeness (QED) is 0.573. The molecule has 5 heteroatoms. The molecule has 0 aliphatic carbocycles. The van der Waals surface area contributed by atoms with Crippen LogP contribution < -0.4 is 5.32 Å². The average molecular weight is 423 g/mol. The highest BCUT2D eigenvalue weighted by Gasteiger charge is 2.22. The summed E-state index contributed by atoms with van der Waals surface area (Å²) in [7, 11) is 0. The second kappa shape index (κ2) is 6.22. The normalized spacial score (nSPS) is 15.9. The van der Waals surface area contributed by atoms with Gasteiger partial charge in [0.2, 0.25) is 0 Å². The summed E-state index contributed by atoms with van der Waals surface area (Å²) in [6.45, 7) is 2.02. The van der Waals surface area contributed by atoms with Crippen LogP contribution in [0.4, 0.5) is 0 Å². The largest absolute Gasteiger partial charge is 0.305 e. The van der Waals surface area contributed by atoms with Gasteiger partial charge in [-0.1, -0.05) is 41.4 Å². The summed E-state index contributed by atoms with van der Waals surface area (Å²) in [6.07, 6.45) is 1.77. The van der Waals surface area contributed by atoms with Crippen molar-refractivity contribution in [2.45, 2.75) is 6.92 Å². The Labute approximate surface area is 147 Å². The number of aliphatic imine (C=N–C) groups is 1. The smallest absolute Gasteiger partial charge is 0.275 e. The number of amides is 1. The molecule has 0 atom stereocenters. The van der Waals surface area contributed by atoms with Crippen molar-refractivity contribution in [1.82, 2.24) is 5.32 Å². The first-order chi connectivity index (χ1) is 10.5. The number of halogens is 2. The van der Waals surface area contributed by atoms with Crippen molar-refractivity contribution in [1.29, 1.82) is 0 Å². The molecule has 0 bridgehead atoms. The molecule has 1 amide bonds. The maximum absolute atomic E-state index is 12.1. The van der Waals surface area contributed by atoms with E-state index in [1.165, 1.54) is 5.56 Å². The lowest BCUT2D eigenvalue weighted by Crippen LogP contribution is -2.25. The molecule has 0 unspecified atom stereocenters. The molecule has 1 aliphatic rings. The molecule has 0 spiro atoms. The summed E-state index contributed by atoms with van der Waals surface area (Å²) in [4.78, 5) is 16.5. The maximum Gasteiger partial charge on any atom is 0.275 e. The molecule has 22 heavy (non-hydrogen) atoms. The van der Waals surface area contributed by atoms with Gasteiger partial charge in [-0.2, -0.15) is 0 Å². The molecule has 110 valence electrons. The van der Waals surface area contributed by atoms with Crippen LogP contribution >= 0.6 is 34.2 Å². The minimum Gasteiger partial charge on any atom is -0.305 e. The number of aryl methyl sites for hydroxylation is 1. The first-order valence-electron chi connectivity index (χ1n) is 6.67. The Morgan fingerprint density at radius 3 is 2.64 bits per heavy atom. The Kier molecular flexibility index (Phi) is 4.31. The van der Waals surface area contributed by atoms with Crippen LogP contribution in [0.15, 0.2) is 53.2 Å². The summed E-state index contributed by atoms with van der Waals surface area (Å²) in [5.41, 5.74) is 3.23. The Balaban J connectivity index is 1.97. The van der Waals surface area contributed by atoms with Crippen LogP contribution in [0.25, 0.3) is 6.08 Å². The maximum atomic E-state index is 12.1. The lowest BCUT2D eigenvalue weighted by Gasteiger charge is -2.03. The number of amidine groups is 1. The molecule has 1 heterocycles. The van der Waals surface area contributed by atoms with Crippen molar-refractivity contribution in [2.75, 3.05) is 0 Å². The predicted octanol–water partition coefficient (Wildman–Crippen LogP) is 4.17. The van der Waals surface area contributed by atoms with Gasteiger partial charge in [-0.15, -0.1) is 0 Å². The SMILES string of the molecule is Cc1ccc(C=C2N=C(c3cc(I)ccc3Cl)NC2=O)cc1. The van der Waals surface area contributed by atoms with Gasteiger partial charge in [0.25, 0.3) is 5.91 Å². The van der Waals surface area contributed by atoms with Gasteiger partial charge in [0, 0.05) is 9.13 Å². The standard InChI is InChI=1S/C17H12ClIN2O/c1-10-2-4-11(5-3-10)8-15-17(22)21-16(20-15)13-9-12(19)6-7-14(13)18/h2-9H,1H3,(H,20,21,22). The number of rotatable bonds is 2. The molecule has 0 fully saturated rings. The lowest BCUT2D eigenvalue weighted by molar-refractivity contribution is -0.115. The Morgan fingerprint density at radius 2 is 1.91 bits per heavy atom. The van der Waals surface area contributed by atoms with Crippen LogP contribution in [-0.2, 0) is 4.79 Å². The van der Waals surface area contributed by atoms with E-state index in [0.29, 0.717) is 16.6 Å². The Hall–Kier alpha value is -1.66. The van der Waals surface area contributed by atoms with E-state index in [4.69, 9.17) is 11.6 Å². The number of benzene rings is 2. The zero-order valence-corrected chi connectivity index (χ0v) is 14.6. The molecular weight excluding hydrogens is 411 g/mol. The number of hydrogen-bond donors (Lipinski definition) is 1. The average Bonchev–Trinajstić information content (AvgIpc) is 2.85. The van der Waals surface area contributed by atoms with Crippen molar-refractivity contribution >= 4 is 52.0 Å². The summed E-state index contributed by atoms with van der Waals surface area (Å²) in [5, 5.41) is 3.34. The molecule has 2 aromatic carbocycles. The molecular formula is C17H12ClIN2O. The van der Waals surface area contributed by atoms with Crippen molar-refractivity contribution < 1.29 is 4.79 Å². The van der Waals surface area contributed by atoms with Crippen LogP contribution in [0.3, 0.4) is 0 Å². The van der Waals surface area contributed by atoms with Crippen molar-refractivity contribution in [3.8, 4) is 0 Å². The van der Waals surface area contributed by atoms with Crippen molar-refractivity contribution in [3.05, 3.63) is 73.4 Å². The van der Waals surface area contributed by atoms with Gasteiger partial charge in [-0.05, 0) is 59.4 Å². The Bertz CT molecular complexity index is 810. The third kappa shape index (κ3) is 3.23. The van der Waals surface area contributed by atoms with Gasteiger partial charge >= 0.3 is 0 Å². The van der Waals surface area contributed by atoms with Gasteiger partial charge < -0.3 is 5.32 Å². The van der Waals surface area contributed by atoms with E-state index in [-0.39, 0.29) is 5.91 Å². The summed E-state index contributed by atoms with van der Waals surface area (Å²) in [6, 6.07) is 13.5. The fourth-order valence-electron chi connectivity index (χ4n) is 2.10. The zero-order valence-electron chi connectivity index (χ0n) is 11.7. The molecule has 2 aromatic rings. The molecule has 3 nitrogen and oxygen atoms in total. The fourth-order valence-corrected chi connectivity index (χ4v) is 2.79. The van der Waals surface area contributed by atoms with E-state index in [1.807, 2.05) is 43.3 Å². The minimum absolute atomic E-state index is 0.217. The number of carbonyl (C=O) groups is 1. The molecule has 0 radical (unpaired) electrons. The van der Waals surface area contributed by atoms with Gasteiger partial charge in [0.1, 0.15) is 11.5 Å². The van der Waals surface area contributed by atoms with Crippen LogP contribution in [0.2, 0.25) is 5.02 Å². The summed E-state index contributed by atoms with van der Waals surface area (Å²) >= 11 is 8.39. The van der Waals surface area contributed by atoms with Gasteiger partial charge in [0.05, 0.1) is 5.02 Å². The molecule has 3 rings (SSSR count). The predicted molar refractivity (Wildman–Crippen MR) is 98.0 cm³/mol. The second-order valence-corrected chi connectivity index (χ2v) is 6.63. The summed E-state index contributed by atoms with van der Waals surface area (Å²) in [5.74, 6) is 0.275. The Morgan fingerprint density at radius 1 is 1.18 bits per heavy atom. The highest BCUT2D eigenvalue weighted by atomic mass is 127. The number of nitrogens with one attached hydrogen (secondary N) is 1.